The van der Waals surface area contributed by atoms with Gasteiger partial charge in [0.2, 0.25) is 0 Å². The second kappa shape index (κ2) is 5.67. The zero-order valence-corrected chi connectivity index (χ0v) is 11.4. The molecule has 6 heteroatoms. The van der Waals surface area contributed by atoms with E-state index in [0.717, 1.165) is 6.42 Å². The van der Waals surface area contributed by atoms with Crippen molar-refractivity contribution in [2.75, 3.05) is 20.3 Å². The van der Waals surface area contributed by atoms with E-state index in [1.807, 2.05) is 0 Å². The maximum absolute atomic E-state index is 13.4. The third kappa shape index (κ3) is 2.81. The Morgan fingerprint density at radius 3 is 3.00 bits per heavy atom. The summed E-state index contributed by atoms with van der Waals surface area (Å²) >= 11 is 3.17. The lowest BCUT2D eigenvalue weighted by Gasteiger charge is -2.12. The maximum Gasteiger partial charge on any atom is 0.252 e. The summed E-state index contributed by atoms with van der Waals surface area (Å²) in [5.74, 6) is -0.730. The second-order valence-corrected chi connectivity index (χ2v) is 4.85. The third-order valence-corrected chi connectivity index (χ3v) is 3.41. The fourth-order valence-electron chi connectivity index (χ4n) is 1.77. The molecule has 0 bridgehead atoms. The molecule has 4 nitrogen and oxygen atoms in total. The predicted octanol–water partition coefficient (Wildman–Crippen LogP) is 2.12. The topological polar surface area (TPSA) is 47.6 Å². The lowest BCUT2D eigenvalue weighted by Crippen LogP contribution is -2.35. The molecule has 1 unspecified atom stereocenters. The van der Waals surface area contributed by atoms with Crippen molar-refractivity contribution >= 4 is 21.8 Å². The fraction of sp³-hybridized carbons (Fsp3) is 0.417. The molecule has 1 fully saturated rings. The van der Waals surface area contributed by atoms with Crippen molar-refractivity contribution in [3.63, 3.8) is 0 Å². The van der Waals surface area contributed by atoms with Gasteiger partial charge in [0.15, 0.2) is 11.6 Å². The van der Waals surface area contributed by atoms with Gasteiger partial charge in [-0.05, 0) is 34.5 Å². The fourth-order valence-corrected chi connectivity index (χ4v) is 2.27. The van der Waals surface area contributed by atoms with Crippen molar-refractivity contribution in [2.24, 2.45) is 0 Å². The van der Waals surface area contributed by atoms with Gasteiger partial charge in [-0.2, -0.15) is 0 Å². The molecule has 0 saturated carbocycles. The average Bonchev–Trinajstić information content (AvgIpc) is 2.81. The highest BCUT2D eigenvalue weighted by Gasteiger charge is 2.21. The molecule has 2 rings (SSSR count). The molecule has 1 N–H and O–H groups in total. The standard InChI is InChI=1S/C12H13BrFNO3/c1-17-11-4-8(9(13)5-10(11)14)12(16)15-7-2-3-18-6-7/h4-5,7H,2-3,6H2,1H3,(H,15,16). The van der Waals surface area contributed by atoms with Crippen molar-refractivity contribution in [2.45, 2.75) is 12.5 Å². The molecule has 1 atom stereocenters. The summed E-state index contributed by atoms with van der Waals surface area (Å²) in [4.78, 5) is 12.0. The highest BCUT2D eigenvalue weighted by molar-refractivity contribution is 9.10. The molecule has 98 valence electrons. The minimum atomic E-state index is -0.509. The number of ether oxygens (including phenoxy) is 2. The number of rotatable bonds is 3. The maximum atomic E-state index is 13.4. The predicted molar refractivity (Wildman–Crippen MR) is 67.3 cm³/mol. The molecule has 1 aromatic carbocycles. The Hall–Kier alpha value is -1.14. The smallest absolute Gasteiger partial charge is 0.252 e. The molecule has 0 aliphatic carbocycles. The van der Waals surface area contributed by atoms with Crippen molar-refractivity contribution in [1.82, 2.24) is 5.32 Å². The minimum absolute atomic E-state index is 0.0143. The van der Waals surface area contributed by atoms with E-state index < -0.39 is 5.82 Å². The van der Waals surface area contributed by atoms with Crippen LogP contribution in [0.25, 0.3) is 0 Å². The number of methoxy groups -OCH3 is 1. The van der Waals surface area contributed by atoms with Crippen molar-refractivity contribution < 1.29 is 18.7 Å². The Balaban J connectivity index is 2.18. The Labute approximate surface area is 113 Å². The second-order valence-electron chi connectivity index (χ2n) is 4.00. The SMILES string of the molecule is COc1cc(C(=O)NC2CCOC2)c(Br)cc1F. The summed E-state index contributed by atoms with van der Waals surface area (Å²) in [6.45, 7) is 1.17. The Kier molecular flexibility index (Phi) is 4.19. The highest BCUT2D eigenvalue weighted by Crippen LogP contribution is 2.26. The van der Waals surface area contributed by atoms with Gasteiger partial charge in [-0.3, -0.25) is 4.79 Å². The first-order chi connectivity index (χ1) is 8.61. The summed E-state index contributed by atoms with van der Waals surface area (Å²) in [7, 11) is 1.36. The quantitative estimate of drug-likeness (QED) is 0.929. The molecule has 0 radical (unpaired) electrons. The molecule has 1 amide bonds. The number of amides is 1. The molecule has 1 aromatic rings. The van der Waals surface area contributed by atoms with Gasteiger partial charge in [0, 0.05) is 11.1 Å². The van der Waals surface area contributed by atoms with E-state index in [0.29, 0.717) is 23.2 Å². The molecular weight excluding hydrogens is 305 g/mol. The van der Waals surface area contributed by atoms with Crippen LogP contribution in [-0.2, 0) is 4.74 Å². The van der Waals surface area contributed by atoms with Crippen LogP contribution < -0.4 is 10.1 Å². The normalized spacial score (nSPS) is 18.7. The minimum Gasteiger partial charge on any atom is -0.494 e. The Morgan fingerprint density at radius 2 is 2.39 bits per heavy atom. The van der Waals surface area contributed by atoms with Crippen LogP contribution in [0.2, 0.25) is 0 Å². The number of halogens is 2. The van der Waals surface area contributed by atoms with Gasteiger partial charge in [-0.25, -0.2) is 4.39 Å². The van der Waals surface area contributed by atoms with E-state index in [1.165, 1.54) is 19.2 Å². The van der Waals surface area contributed by atoms with Gasteiger partial charge in [0.1, 0.15) is 0 Å². The third-order valence-electron chi connectivity index (χ3n) is 2.75. The first-order valence-electron chi connectivity index (χ1n) is 5.53. The number of carbonyl (C=O) groups excluding carboxylic acids is 1. The van der Waals surface area contributed by atoms with Crippen LogP contribution in [0.4, 0.5) is 4.39 Å². The summed E-state index contributed by atoms with van der Waals surface area (Å²) in [5, 5.41) is 2.83. The monoisotopic (exact) mass is 317 g/mol. The van der Waals surface area contributed by atoms with Crippen molar-refractivity contribution in [3.05, 3.63) is 28.0 Å². The number of benzene rings is 1. The molecule has 1 aliphatic heterocycles. The van der Waals surface area contributed by atoms with Gasteiger partial charge in [0.25, 0.3) is 5.91 Å². The zero-order chi connectivity index (χ0) is 13.1. The van der Waals surface area contributed by atoms with Gasteiger partial charge >= 0.3 is 0 Å². The first-order valence-corrected chi connectivity index (χ1v) is 6.32. The molecule has 1 heterocycles. The molecule has 1 aliphatic rings. The number of carbonyl (C=O) groups is 1. The van der Waals surface area contributed by atoms with E-state index in [1.54, 1.807) is 0 Å². The van der Waals surface area contributed by atoms with Crippen LogP contribution in [0.1, 0.15) is 16.8 Å². The van der Waals surface area contributed by atoms with E-state index in [9.17, 15) is 9.18 Å². The van der Waals surface area contributed by atoms with E-state index >= 15 is 0 Å². The Bertz CT molecular complexity index is 461. The molecular formula is C12H13BrFNO3. The largest absolute Gasteiger partial charge is 0.494 e. The van der Waals surface area contributed by atoms with Crippen LogP contribution in [0, 0.1) is 5.82 Å². The molecule has 18 heavy (non-hydrogen) atoms. The van der Waals surface area contributed by atoms with Crippen molar-refractivity contribution in [3.8, 4) is 5.75 Å². The molecule has 0 aromatic heterocycles. The summed E-state index contributed by atoms with van der Waals surface area (Å²) < 4.78 is 23.8. The van der Waals surface area contributed by atoms with Gasteiger partial charge in [-0.1, -0.05) is 0 Å². The number of hydrogen-bond acceptors (Lipinski definition) is 3. The number of nitrogens with one attached hydrogen (secondary N) is 1. The van der Waals surface area contributed by atoms with Gasteiger partial charge < -0.3 is 14.8 Å². The van der Waals surface area contributed by atoms with Crippen LogP contribution in [0.5, 0.6) is 5.75 Å². The van der Waals surface area contributed by atoms with Crippen LogP contribution >= 0.6 is 15.9 Å². The van der Waals surface area contributed by atoms with E-state index in [2.05, 4.69) is 21.2 Å². The average molecular weight is 318 g/mol. The zero-order valence-electron chi connectivity index (χ0n) is 9.83. The lowest BCUT2D eigenvalue weighted by molar-refractivity contribution is 0.0928. The van der Waals surface area contributed by atoms with Crippen LogP contribution in [0.15, 0.2) is 16.6 Å². The van der Waals surface area contributed by atoms with Gasteiger partial charge in [0.05, 0.1) is 25.3 Å². The summed E-state index contributed by atoms with van der Waals surface area (Å²) in [5.41, 5.74) is 0.347. The Morgan fingerprint density at radius 1 is 1.61 bits per heavy atom. The molecule has 1 saturated heterocycles. The first kappa shape index (κ1) is 13.3. The molecule has 0 spiro atoms. The highest BCUT2D eigenvalue weighted by atomic mass is 79.9. The lowest BCUT2D eigenvalue weighted by atomic mass is 10.1. The van der Waals surface area contributed by atoms with Crippen LogP contribution in [-0.4, -0.2) is 32.3 Å². The van der Waals surface area contributed by atoms with E-state index in [4.69, 9.17) is 9.47 Å². The number of hydrogen-bond donors (Lipinski definition) is 1. The summed E-state index contributed by atoms with van der Waals surface area (Å²) in [6, 6.07) is 2.61. The van der Waals surface area contributed by atoms with Crippen molar-refractivity contribution in [1.29, 1.82) is 0 Å². The van der Waals surface area contributed by atoms with Gasteiger partial charge in [-0.15, -0.1) is 0 Å². The van der Waals surface area contributed by atoms with Crippen LogP contribution in [0.3, 0.4) is 0 Å². The van der Waals surface area contributed by atoms with E-state index in [-0.39, 0.29) is 17.7 Å². The summed E-state index contributed by atoms with van der Waals surface area (Å²) in [6.07, 6.45) is 0.793.